The molecule has 22 heavy (non-hydrogen) atoms. The molecule has 4 N–H and O–H groups in total. The molecular weight excluding hydrogens is 282 g/mol. The summed E-state index contributed by atoms with van der Waals surface area (Å²) >= 11 is 0. The van der Waals surface area contributed by atoms with E-state index in [-0.39, 0.29) is 5.69 Å². The first-order valence-electron chi connectivity index (χ1n) is 7.18. The van der Waals surface area contributed by atoms with E-state index in [1.807, 2.05) is 18.2 Å². The predicted molar refractivity (Wildman–Crippen MR) is 82.6 cm³/mol. The number of aromatic nitrogens is 5. The molecule has 112 valence electrons. The minimum absolute atomic E-state index is 0.349. The van der Waals surface area contributed by atoms with Gasteiger partial charge in [-0.05, 0) is 31.2 Å². The van der Waals surface area contributed by atoms with E-state index in [0.29, 0.717) is 17.6 Å². The lowest BCUT2D eigenvalue weighted by Crippen LogP contribution is -2.22. The molecule has 1 aliphatic heterocycles. The fourth-order valence-electron chi connectivity index (χ4n) is 2.68. The van der Waals surface area contributed by atoms with E-state index in [2.05, 4.69) is 35.8 Å². The molecule has 1 saturated heterocycles. The van der Waals surface area contributed by atoms with Crippen molar-refractivity contribution in [1.29, 1.82) is 0 Å². The molecule has 4 heterocycles. The van der Waals surface area contributed by atoms with Crippen LogP contribution in [-0.2, 0) is 0 Å². The van der Waals surface area contributed by atoms with Crippen LogP contribution in [-0.4, -0.2) is 44.3 Å². The van der Waals surface area contributed by atoms with Gasteiger partial charge in [-0.1, -0.05) is 0 Å². The van der Waals surface area contributed by atoms with Gasteiger partial charge >= 0.3 is 5.69 Å². The Labute approximate surface area is 125 Å². The van der Waals surface area contributed by atoms with Crippen LogP contribution in [0.4, 0.5) is 5.69 Å². The van der Waals surface area contributed by atoms with Gasteiger partial charge in [0.15, 0.2) is 5.82 Å². The maximum Gasteiger partial charge on any atom is 0.340 e. The second kappa shape index (κ2) is 5.23. The van der Waals surface area contributed by atoms with Gasteiger partial charge in [0.05, 0.1) is 11.2 Å². The van der Waals surface area contributed by atoms with Crippen molar-refractivity contribution in [2.45, 2.75) is 12.5 Å². The zero-order valence-electron chi connectivity index (χ0n) is 11.8. The molecule has 0 aliphatic carbocycles. The standard InChI is InChI=1S/C14H15N7O/c22-14-19-13(20-21-14)11-6-10(17-8-3-5-15-7-8)12-9(18-11)2-1-4-16-12/h1-2,4,6,8,15H,3,5,7H2,(H,17,18)(H2,19,20,21,22). The summed E-state index contributed by atoms with van der Waals surface area (Å²) in [7, 11) is 0. The third kappa shape index (κ3) is 2.33. The van der Waals surface area contributed by atoms with Crippen LogP contribution >= 0.6 is 0 Å². The highest BCUT2D eigenvalue weighted by atomic mass is 16.1. The predicted octanol–water partition coefficient (Wildman–Crippen LogP) is 0.482. The minimum atomic E-state index is -0.349. The number of aromatic amines is 2. The van der Waals surface area contributed by atoms with Crippen molar-refractivity contribution in [2.24, 2.45) is 0 Å². The van der Waals surface area contributed by atoms with Gasteiger partial charge in [-0.2, -0.15) is 5.10 Å². The molecule has 0 radical (unpaired) electrons. The van der Waals surface area contributed by atoms with Crippen molar-refractivity contribution in [3.8, 4) is 11.5 Å². The molecule has 1 aliphatic rings. The monoisotopic (exact) mass is 297 g/mol. The number of anilines is 1. The van der Waals surface area contributed by atoms with Gasteiger partial charge in [-0.25, -0.2) is 14.9 Å². The van der Waals surface area contributed by atoms with Crippen molar-refractivity contribution >= 4 is 16.7 Å². The summed E-state index contributed by atoms with van der Waals surface area (Å²) < 4.78 is 0. The van der Waals surface area contributed by atoms with Crippen LogP contribution in [0.15, 0.2) is 29.2 Å². The van der Waals surface area contributed by atoms with Crippen LogP contribution in [0.3, 0.4) is 0 Å². The molecule has 0 saturated carbocycles. The molecule has 1 atom stereocenters. The highest BCUT2D eigenvalue weighted by molar-refractivity contribution is 5.89. The highest BCUT2D eigenvalue weighted by Crippen LogP contribution is 2.26. The Morgan fingerprint density at radius 1 is 1.36 bits per heavy atom. The SMILES string of the molecule is O=c1[nH]nc(-c2cc(NC3CCNC3)c3ncccc3n2)[nH]1. The zero-order valence-corrected chi connectivity index (χ0v) is 11.8. The zero-order chi connectivity index (χ0) is 14.9. The van der Waals surface area contributed by atoms with Crippen LogP contribution in [0.1, 0.15) is 6.42 Å². The Hall–Kier alpha value is -2.74. The first kappa shape index (κ1) is 13.0. The minimum Gasteiger partial charge on any atom is -0.379 e. The summed E-state index contributed by atoms with van der Waals surface area (Å²) in [4.78, 5) is 22.8. The van der Waals surface area contributed by atoms with Gasteiger partial charge in [-0.3, -0.25) is 9.97 Å². The number of hydrogen-bond acceptors (Lipinski definition) is 6. The Kier molecular flexibility index (Phi) is 3.08. The van der Waals surface area contributed by atoms with E-state index in [0.717, 1.165) is 36.2 Å². The normalized spacial score (nSPS) is 17.9. The highest BCUT2D eigenvalue weighted by Gasteiger charge is 2.17. The molecule has 1 unspecified atom stereocenters. The molecule has 8 heteroatoms. The quantitative estimate of drug-likeness (QED) is 0.559. The molecule has 0 bridgehead atoms. The fourth-order valence-corrected chi connectivity index (χ4v) is 2.68. The Morgan fingerprint density at radius 2 is 2.32 bits per heavy atom. The van der Waals surface area contributed by atoms with E-state index >= 15 is 0 Å². The fraction of sp³-hybridized carbons (Fsp3) is 0.286. The average molecular weight is 297 g/mol. The molecule has 8 nitrogen and oxygen atoms in total. The van der Waals surface area contributed by atoms with Crippen molar-refractivity contribution in [3.63, 3.8) is 0 Å². The van der Waals surface area contributed by atoms with Crippen LogP contribution in [0.2, 0.25) is 0 Å². The number of hydrogen-bond donors (Lipinski definition) is 4. The maximum atomic E-state index is 11.3. The summed E-state index contributed by atoms with van der Waals surface area (Å²) in [5.41, 5.74) is 2.73. The third-order valence-electron chi connectivity index (χ3n) is 3.73. The van der Waals surface area contributed by atoms with Crippen molar-refractivity contribution < 1.29 is 0 Å². The van der Waals surface area contributed by atoms with Crippen molar-refractivity contribution in [1.82, 2.24) is 30.5 Å². The van der Waals surface area contributed by atoms with Crippen LogP contribution in [0.5, 0.6) is 0 Å². The largest absolute Gasteiger partial charge is 0.379 e. The lowest BCUT2D eigenvalue weighted by atomic mass is 10.2. The number of fused-ring (bicyclic) bond motifs is 1. The molecule has 0 aromatic carbocycles. The topological polar surface area (TPSA) is 111 Å². The van der Waals surface area contributed by atoms with Gasteiger partial charge < -0.3 is 10.6 Å². The number of pyridine rings is 2. The first-order valence-corrected chi connectivity index (χ1v) is 7.18. The van der Waals surface area contributed by atoms with E-state index in [1.165, 1.54) is 0 Å². The lowest BCUT2D eigenvalue weighted by molar-refractivity contribution is 0.794. The average Bonchev–Trinajstić information content (AvgIpc) is 3.19. The molecule has 4 rings (SSSR count). The molecule has 3 aromatic rings. The van der Waals surface area contributed by atoms with Gasteiger partial charge in [-0.15, -0.1) is 0 Å². The third-order valence-corrected chi connectivity index (χ3v) is 3.73. The number of rotatable bonds is 3. The van der Waals surface area contributed by atoms with Gasteiger partial charge in [0.25, 0.3) is 0 Å². The number of H-pyrrole nitrogens is 2. The Bertz CT molecular complexity index is 863. The van der Waals surface area contributed by atoms with Gasteiger partial charge in [0.1, 0.15) is 11.2 Å². The molecular formula is C14H15N7O. The van der Waals surface area contributed by atoms with E-state index in [1.54, 1.807) is 6.20 Å². The van der Waals surface area contributed by atoms with Crippen LogP contribution < -0.4 is 16.3 Å². The van der Waals surface area contributed by atoms with Gasteiger partial charge in [0.2, 0.25) is 0 Å². The summed E-state index contributed by atoms with van der Waals surface area (Å²) in [6, 6.07) is 5.97. The second-order valence-electron chi connectivity index (χ2n) is 5.29. The molecule has 0 amide bonds. The van der Waals surface area contributed by atoms with Gasteiger partial charge in [0, 0.05) is 18.8 Å². The summed E-state index contributed by atoms with van der Waals surface area (Å²) in [6.07, 6.45) is 2.81. The lowest BCUT2D eigenvalue weighted by Gasteiger charge is -2.15. The molecule has 0 spiro atoms. The molecule has 1 fully saturated rings. The summed E-state index contributed by atoms with van der Waals surface area (Å²) in [5.74, 6) is 0.420. The van der Waals surface area contributed by atoms with Crippen LogP contribution in [0, 0.1) is 0 Å². The molecule has 3 aromatic heterocycles. The van der Waals surface area contributed by atoms with E-state index in [9.17, 15) is 4.79 Å². The summed E-state index contributed by atoms with van der Waals surface area (Å²) in [6.45, 7) is 1.93. The Morgan fingerprint density at radius 3 is 3.09 bits per heavy atom. The van der Waals surface area contributed by atoms with Crippen molar-refractivity contribution in [2.75, 3.05) is 18.4 Å². The van der Waals surface area contributed by atoms with Crippen LogP contribution in [0.25, 0.3) is 22.6 Å². The Balaban J connectivity index is 1.83. The number of nitrogens with zero attached hydrogens (tertiary/aromatic N) is 3. The van der Waals surface area contributed by atoms with E-state index < -0.39 is 0 Å². The number of nitrogens with one attached hydrogen (secondary N) is 4. The maximum absolute atomic E-state index is 11.3. The smallest absolute Gasteiger partial charge is 0.340 e. The second-order valence-corrected chi connectivity index (χ2v) is 5.29. The van der Waals surface area contributed by atoms with Crippen molar-refractivity contribution in [3.05, 3.63) is 34.9 Å². The van der Waals surface area contributed by atoms with E-state index in [4.69, 9.17) is 0 Å². The summed E-state index contributed by atoms with van der Waals surface area (Å²) in [5, 5.41) is 13.1. The first-order chi connectivity index (χ1) is 10.8.